The normalized spacial score (nSPS) is 13.5. The first-order valence-corrected chi connectivity index (χ1v) is 11.1. The molecular weight excluding hydrogens is 440 g/mol. The molecule has 2 aromatic carbocycles. The lowest BCUT2D eigenvalue weighted by molar-refractivity contribution is -0.384. The second-order valence-electron chi connectivity index (χ2n) is 7.38. The van der Waals surface area contributed by atoms with Gasteiger partial charge in [-0.25, -0.2) is 13.1 Å². The summed E-state index contributed by atoms with van der Waals surface area (Å²) in [7, 11) is -3.68. The number of anilines is 1. The molecule has 12 heteroatoms. The van der Waals surface area contributed by atoms with Crippen LogP contribution in [-0.4, -0.2) is 44.3 Å². The standard InChI is InChI=1S/C20H22N4O7S/c1-13(2)22-32(29,30)16-5-3-4-14(8-16)10-21-19(25)11-23-17-9-15(24(27)28)6-7-18(17)31-12-20(23)26/h3-9,13,22H,10-12H2,1-2H3,(H,21,25). The number of hydrogen-bond acceptors (Lipinski definition) is 7. The fourth-order valence-electron chi connectivity index (χ4n) is 3.08. The van der Waals surface area contributed by atoms with Crippen molar-refractivity contribution in [2.24, 2.45) is 0 Å². The van der Waals surface area contributed by atoms with Gasteiger partial charge in [-0.1, -0.05) is 12.1 Å². The Balaban J connectivity index is 1.70. The van der Waals surface area contributed by atoms with Gasteiger partial charge < -0.3 is 10.1 Å². The van der Waals surface area contributed by atoms with E-state index in [0.29, 0.717) is 5.56 Å². The van der Waals surface area contributed by atoms with Crippen molar-refractivity contribution in [2.75, 3.05) is 18.1 Å². The van der Waals surface area contributed by atoms with E-state index in [1.54, 1.807) is 26.0 Å². The number of nitrogens with zero attached hydrogens (tertiary/aromatic N) is 2. The van der Waals surface area contributed by atoms with E-state index in [9.17, 15) is 28.1 Å². The molecule has 0 unspecified atom stereocenters. The Hall–Kier alpha value is -3.51. The summed E-state index contributed by atoms with van der Waals surface area (Å²) in [5, 5.41) is 13.7. The Kier molecular flexibility index (Phi) is 6.75. The highest BCUT2D eigenvalue weighted by Crippen LogP contribution is 2.35. The van der Waals surface area contributed by atoms with Crippen LogP contribution in [-0.2, 0) is 26.2 Å². The number of non-ortho nitro benzene ring substituents is 1. The molecule has 32 heavy (non-hydrogen) atoms. The van der Waals surface area contributed by atoms with Gasteiger partial charge in [0.2, 0.25) is 15.9 Å². The van der Waals surface area contributed by atoms with Crippen molar-refractivity contribution in [3.8, 4) is 5.75 Å². The summed E-state index contributed by atoms with van der Waals surface area (Å²) in [6.07, 6.45) is 0. The third-order valence-corrected chi connectivity index (χ3v) is 6.14. The first kappa shape index (κ1) is 23.2. The number of carbonyl (C=O) groups excluding carboxylic acids is 2. The Morgan fingerprint density at radius 3 is 2.69 bits per heavy atom. The second-order valence-corrected chi connectivity index (χ2v) is 9.09. The molecule has 2 N–H and O–H groups in total. The number of nitro benzene ring substituents is 1. The van der Waals surface area contributed by atoms with Gasteiger partial charge in [-0.05, 0) is 37.6 Å². The van der Waals surface area contributed by atoms with Crippen molar-refractivity contribution in [2.45, 2.75) is 31.3 Å². The maximum atomic E-state index is 12.5. The van der Waals surface area contributed by atoms with Crippen molar-refractivity contribution in [3.05, 3.63) is 58.1 Å². The van der Waals surface area contributed by atoms with Gasteiger partial charge in [0.1, 0.15) is 12.3 Å². The highest BCUT2D eigenvalue weighted by molar-refractivity contribution is 7.89. The van der Waals surface area contributed by atoms with Gasteiger partial charge in [0.25, 0.3) is 11.6 Å². The smallest absolute Gasteiger partial charge is 0.271 e. The molecule has 170 valence electrons. The van der Waals surface area contributed by atoms with E-state index in [0.717, 1.165) is 4.90 Å². The van der Waals surface area contributed by atoms with E-state index < -0.39 is 26.8 Å². The topological polar surface area (TPSA) is 148 Å². The molecular formula is C20H22N4O7S. The lowest BCUT2D eigenvalue weighted by Gasteiger charge is -2.28. The van der Waals surface area contributed by atoms with Crippen LogP contribution >= 0.6 is 0 Å². The number of hydrogen-bond donors (Lipinski definition) is 2. The molecule has 0 fully saturated rings. The van der Waals surface area contributed by atoms with Crippen LogP contribution in [0.5, 0.6) is 5.75 Å². The van der Waals surface area contributed by atoms with E-state index >= 15 is 0 Å². The lowest BCUT2D eigenvalue weighted by Crippen LogP contribution is -2.45. The second kappa shape index (κ2) is 9.32. The molecule has 0 saturated carbocycles. The van der Waals surface area contributed by atoms with E-state index in [-0.39, 0.29) is 47.8 Å². The summed E-state index contributed by atoms with van der Waals surface area (Å²) in [6, 6.07) is 9.66. The van der Waals surface area contributed by atoms with Gasteiger partial charge in [0.15, 0.2) is 6.61 Å². The van der Waals surface area contributed by atoms with Gasteiger partial charge in [-0.15, -0.1) is 0 Å². The van der Waals surface area contributed by atoms with Gasteiger partial charge in [-0.2, -0.15) is 0 Å². The van der Waals surface area contributed by atoms with Crippen LogP contribution in [0.3, 0.4) is 0 Å². The number of carbonyl (C=O) groups is 2. The Morgan fingerprint density at radius 1 is 1.25 bits per heavy atom. The largest absolute Gasteiger partial charge is 0.482 e. The molecule has 0 aromatic heterocycles. The fourth-order valence-corrected chi connectivity index (χ4v) is 4.40. The van der Waals surface area contributed by atoms with Crippen LogP contribution in [0.2, 0.25) is 0 Å². The molecule has 0 radical (unpaired) electrons. The average molecular weight is 462 g/mol. The molecule has 1 aliphatic heterocycles. The molecule has 11 nitrogen and oxygen atoms in total. The predicted molar refractivity (Wildman–Crippen MR) is 115 cm³/mol. The summed E-state index contributed by atoms with van der Waals surface area (Å²) in [5.41, 5.74) is 0.452. The molecule has 0 aliphatic carbocycles. The predicted octanol–water partition coefficient (Wildman–Crippen LogP) is 1.32. The van der Waals surface area contributed by atoms with Gasteiger partial charge >= 0.3 is 0 Å². The Morgan fingerprint density at radius 2 is 2.00 bits per heavy atom. The van der Waals surface area contributed by atoms with Crippen molar-refractivity contribution >= 4 is 33.2 Å². The van der Waals surface area contributed by atoms with Crippen LogP contribution in [0.25, 0.3) is 0 Å². The number of ether oxygens (including phenoxy) is 1. The van der Waals surface area contributed by atoms with Gasteiger partial charge in [-0.3, -0.25) is 24.6 Å². The quantitative estimate of drug-likeness (QED) is 0.444. The zero-order chi connectivity index (χ0) is 23.5. The summed E-state index contributed by atoms with van der Waals surface area (Å²) < 4.78 is 32.4. The van der Waals surface area contributed by atoms with Crippen LogP contribution in [0.4, 0.5) is 11.4 Å². The zero-order valence-corrected chi connectivity index (χ0v) is 18.2. The molecule has 1 aliphatic rings. The third kappa shape index (κ3) is 5.39. The highest BCUT2D eigenvalue weighted by Gasteiger charge is 2.29. The third-order valence-electron chi connectivity index (χ3n) is 4.49. The van der Waals surface area contributed by atoms with Crippen molar-refractivity contribution in [1.82, 2.24) is 10.0 Å². The van der Waals surface area contributed by atoms with Crippen molar-refractivity contribution < 1.29 is 27.7 Å². The van der Waals surface area contributed by atoms with E-state index in [1.807, 2.05) is 0 Å². The number of fused-ring (bicyclic) bond motifs is 1. The number of nitrogens with one attached hydrogen (secondary N) is 2. The summed E-state index contributed by atoms with van der Waals surface area (Å²) in [4.78, 5) is 36.4. The summed E-state index contributed by atoms with van der Waals surface area (Å²) in [5.74, 6) is -0.772. The number of nitro groups is 1. The molecule has 3 rings (SSSR count). The van der Waals surface area contributed by atoms with Crippen LogP contribution in [0.15, 0.2) is 47.4 Å². The van der Waals surface area contributed by atoms with Crippen LogP contribution in [0.1, 0.15) is 19.4 Å². The molecule has 2 amide bonds. The first-order chi connectivity index (χ1) is 15.1. The minimum absolute atomic E-state index is 0.0319. The molecule has 0 spiro atoms. The van der Waals surface area contributed by atoms with Gasteiger partial charge in [0.05, 0.1) is 15.5 Å². The SMILES string of the molecule is CC(C)NS(=O)(=O)c1cccc(CNC(=O)CN2C(=O)COc3ccc([N+](=O)[O-])cc32)c1. The lowest BCUT2D eigenvalue weighted by atomic mass is 10.2. The number of benzene rings is 2. The van der Waals surface area contributed by atoms with E-state index in [2.05, 4.69) is 10.0 Å². The van der Waals surface area contributed by atoms with E-state index in [1.165, 1.54) is 30.3 Å². The number of amides is 2. The maximum Gasteiger partial charge on any atom is 0.271 e. The van der Waals surface area contributed by atoms with Crippen molar-refractivity contribution in [3.63, 3.8) is 0 Å². The highest BCUT2D eigenvalue weighted by atomic mass is 32.2. The monoisotopic (exact) mass is 462 g/mol. The minimum Gasteiger partial charge on any atom is -0.482 e. The van der Waals surface area contributed by atoms with Gasteiger partial charge in [0, 0.05) is 24.7 Å². The summed E-state index contributed by atoms with van der Waals surface area (Å²) in [6.45, 7) is 2.79. The Labute approximate surface area is 184 Å². The Bertz CT molecular complexity index is 1160. The molecule has 0 atom stereocenters. The minimum atomic E-state index is -3.68. The molecule has 0 bridgehead atoms. The molecule has 0 saturated heterocycles. The zero-order valence-electron chi connectivity index (χ0n) is 17.4. The molecule has 1 heterocycles. The first-order valence-electron chi connectivity index (χ1n) is 9.66. The number of rotatable bonds is 8. The van der Waals surface area contributed by atoms with Crippen LogP contribution in [0, 0.1) is 10.1 Å². The number of sulfonamides is 1. The summed E-state index contributed by atoms with van der Waals surface area (Å²) >= 11 is 0. The van der Waals surface area contributed by atoms with Crippen molar-refractivity contribution in [1.29, 1.82) is 0 Å². The van der Waals surface area contributed by atoms with Crippen LogP contribution < -0.4 is 19.7 Å². The van der Waals surface area contributed by atoms with E-state index in [4.69, 9.17) is 4.74 Å². The molecule has 2 aromatic rings. The average Bonchev–Trinajstić information content (AvgIpc) is 2.73. The maximum absolute atomic E-state index is 12.5. The fraction of sp³-hybridized carbons (Fsp3) is 0.300.